The quantitative estimate of drug-likeness (QED) is 0.295. The SMILES string of the molecule is C=CC(=O)N1CCC1OC(=O)Nc1ccc2ncnc(Nc3ccc(OCc4ccccn4)c(Cl)c3)c2c1. The molecule has 0 saturated carbocycles. The summed E-state index contributed by atoms with van der Waals surface area (Å²) in [6.45, 7) is 4.28. The molecular formula is C27H23ClN6O4. The topological polar surface area (TPSA) is 119 Å². The van der Waals surface area contributed by atoms with Gasteiger partial charge >= 0.3 is 6.09 Å². The van der Waals surface area contributed by atoms with Crippen LogP contribution in [0.3, 0.4) is 0 Å². The Morgan fingerprint density at radius 1 is 1.11 bits per heavy atom. The number of ether oxygens (including phenoxy) is 2. The molecule has 38 heavy (non-hydrogen) atoms. The molecule has 1 atom stereocenters. The number of carbonyl (C=O) groups excluding carboxylic acids is 2. The molecule has 1 saturated heterocycles. The van der Waals surface area contributed by atoms with Gasteiger partial charge in [-0.25, -0.2) is 14.8 Å². The Kier molecular flexibility index (Phi) is 7.32. The highest BCUT2D eigenvalue weighted by Gasteiger charge is 2.34. The minimum absolute atomic E-state index is 0.277. The summed E-state index contributed by atoms with van der Waals surface area (Å²) in [6.07, 6.45) is 3.64. The Bertz CT molecular complexity index is 1500. The zero-order chi connectivity index (χ0) is 26.5. The lowest BCUT2D eigenvalue weighted by molar-refractivity contribution is -0.148. The summed E-state index contributed by atoms with van der Waals surface area (Å²) in [7, 11) is 0. The van der Waals surface area contributed by atoms with E-state index in [2.05, 4.69) is 32.2 Å². The molecule has 3 heterocycles. The lowest BCUT2D eigenvalue weighted by Gasteiger charge is -2.38. The number of amides is 2. The van der Waals surface area contributed by atoms with E-state index in [1.165, 1.54) is 17.3 Å². The monoisotopic (exact) mass is 530 g/mol. The van der Waals surface area contributed by atoms with Gasteiger partial charge in [-0.3, -0.25) is 15.1 Å². The third-order valence-corrected chi connectivity index (χ3v) is 6.14. The first-order chi connectivity index (χ1) is 18.5. The maximum absolute atomic E-state index is 12.4. The Balaban J connectivity index is 1.27. The summed E-state index contributed by atoms with van der Waals surface area (Å²) < 4.78 is 11.2. The van der Waals surface area contributed by atoms with Crippen molar-refractivity contribution in [3.63, 3.8) is 0 Å². The van der Waals surface area contributed by atoms with E-state index in [0.29, 0.717) is 58.4 Å². The number of halogens is 1. The number of aromatic nitrogens is 3. The zero-order valence-electron chi connectivity index (χ0n) is 20.1. The van der Waals surface area contributed by atoms with Crippen molar-refractivity contribution in [3.05, 3.63) is 90.5 Å². The maximum atomic E-state index is 12.4. The molecule has 2 aromatic heterocycles. The summed E-state index contributed by atoms with van der Waals surface area (Å²) in [5.74, 6) is 0.771. The third-order valence-electron chi connectivity index (χ3n) is 5.84. The number of fused-ring (bicyclic) bond motifs is 1. The van der Waals surface area contributed by atoms with E-state index in [-0.39, 0.29) is 5.91 Å². The predicted molar refractivity (Wildman–Crippen MR) is 143 cm³/mol. The van der Waals surface area contributed by atoms with Crippen LogP contribution in [0.4, 0.5) is 22.0 Å². The molecule has 1 fully saturated rings. The molecule has 2 amide bonds. The van der Waals surface area contributed by atoms with Gasteiger partial charge in [0.15, 0.2) is 6.23 Å². The largest absolute Gasteiger partial charge is 0.486 e. The smallest absolute Gasteiger partial charge is 0.413 e. The van der Waals surface area contributed by atoms with Crippen LogP contribution in [0.15, 0.2) is 79.8 Å². The van der Waals surface area contributed by atoms with Crippen LogP contribution in [0.1, 0.15) is 12.1 Å². The first-order valence-electron chi connectivity index (χ1n) is 11.7. The number of pyridine rings is 1. The van der Waals surface area contributed by atoms with Gasteiger partial charge in [-0.15, -0.1) is 0 Å². The van der Waals surface area contributed by atoms with Crippen LogP contribution in [0.25, 0.3) is 10.9 Å². The van der Waals surface area contributed by atoms with E-state index < -0.39 is 12.3 Å². The van der Waals surface area contributed by atoms with E-state index in [0.717, 1.165) is 5.69 Å². The van der Waals surface area contributed by atoms with Crippen LogP contribution in [0.5, 0.6) is 5.75 Å². The molecule has 1 unspecified atom stereocenters. The molecule has 4 aromatic rings. The molecule has 192 valence electrons. The lowest BCUT2D eigenvalue weighted by Crippen LogP contribution is -2.53. The minimum Gasteiger partial charge on any atom is -0.486 e. The zero-order valence-corrected chi connectivity index (χ0v) is 20.9. The van der Waals surface area contributed by atoms with Gasteiger partial charge in [0.25, 0.3) is 0 Å². The molecule has 2 N–H and O–H groups in total. The van der Waals surface area contributed by atoms with Gasteiger partial charge in [-0.05, 0) is 54.6 Å². The molecule has 1 aliphatic heterocycles. The summed E-state index contributed by atoms with van der Waals surface area (Å²) in [4.78, 5) is 38.5. The summed E-state index contributed by atoms with van der Waals surface area (Å²) >= 11 is 6.45. The molecule has 10 nitrogen and oxygen atoms in total. The van der Waals surface area contributed by atoms with E-state index in [1.807, 2.05) is 24.3 Å². The van der Waals surface area contributed by atoms with Crippen LogP contribution in [-0.4, -0.2) is 44.6 Å². The molecule has 2 aromatic carbocycles. The molecule has 0 aliphatic carbocycles. The van der Waals surface area contributed by atoms with Crippen molar-refractivity contribution >= 4 is 51.7 Å². The highest BCUT2D eigenvalue weighted by molar-refractivity contribution is 6.32. The van der Waals surface area contributed by atoms with Gasteiger partial charge in [-0.1, -0.05) is 24.2 Å². The number of carbonyl (C=O) groups is 2. The van der Waals surface area contributed by atoms with E-state index in [1.54, 1.807) is 36.5 Å². The number of hydrogen-bond acceptors (Lipinski definition) is 8. The first-order valence-corrected chi connectivity index (χ1v) is 12.1. The Labute approximate surface area is 223 Å². The molecule has 0 radical (unpaired) electrons. The van der Waals surface area contributed by atoms with Gasteiger partial charge in [-0.2, -0.15) is 0 Å². The van der Waals surface area contributed by atoms with Crippen LogP contribution < -0.4 is 15.4 Å². The second-order valence-corrected chi connectivity index (χ2v) is 8.75. The second kappa shape index (κ2) is 11.1. The molecule has 0 bridgehead atoms. The van der Waals surface area contributed by atoms with Crippen LogP contribution >= 0.6 is 11.6 Å². The number of nitrogens with zero attached hydrogens (tertiary/aromatic N) is 4. The molecule has 11 heteroatoms. The standard InChI is InChI=1S/C27H23ClN6O4/c1-2-24(35)34-12-10-25(34)38-27(36)33-17-6-8-22-20(13-17)26(31-16-30-22)32-18-7-9-23(21(28)14-18)37-15-19-5-3-4-11-29-19/h2-9,11,13-14,16,25H,1,10,12,15H2,(H,33,36)(H,30,31,32). The van der Waals surface area contributed by atoms with Crippen molar-refractivity contribution in [2.24, 2.45) is 0 Å². The predicted octanol–water partition coefficient (Wildman–Crippen LogP) is 5.29. The van der Waals surface area contributed by atoms with Gasteiger partial charge in [0.05, 0.1) is 16.2 Å². The Hall–Kier alpha value is -4.70. The number of nitrogens with one attached hydrogen (secondary N) is 2. The average Bonchev–Trinajstić information content (AvgIpc) is 2.91. The Morgan fingerprint density at radius 2 is 1.97 bits per heavy atom. The Morgan fingerprint density at radius 3 is 2.71 bits per heavy atom. The number of rotatable bonds is 8. The van der Waals surface area contributed by atoms with Crippen molar-refractivity contribution in [3.8, 4) is 5.75 Å². The van der Waals surface area contributed by atoms with Crippen molar-refractivity contribution < 1.29 is 19.1 Å². The second-order valence-electron chi connectivity index (χ2n) is 8.34. The van der Waals surface area contributed by atoms with Crippen LogP contribution in [-0.2, 0) is 16.1 Å². The fourth-order valence-corrected chi connectivity index (χ4v) is 4.06. The molecular weight excluding hydrogens is 508 g/mol. The highest BCUT2D eigenvalue weighted by atomic mass is 35.5. The third kappa shape index (κ3) is 5.65. The van der Waals surface area contributed by atoms with Crippen molar-refractivity contribution in [1.82, 2.24) is 19.9 Å². The number of likely N-dealkylation sites (tertiary alicyclic amines) is 1. The van der Waals surface area contributed by atoms with Gasteiger partial charge in [0.1, 0.15) is 24.5 Å². The fourth-order valence-electron chi connectivity index (χ4n) is 3.83. The molecule has 0 spiro atoms. The first kappa shape index (κ1) is 25.0. The van der Waals surface area contributed by atoms with Gasteiger partial charge in [0.2, 0.25) is 5.91 Å². The van der Waals surface area contributed by atoms with Crippen LogP contribution in [0, 0.1) is 0 Å². The maximum Gasteiger partial charge on any atom is 0.413 e. The molecule has 5 rings (SSSR count). The summed E-state index contributed by atoms with van der Waals surface area (Å²) in [5, 5.41) is 7.03. The number of benzene rings is 2. The normalized spacial score (nSPS) is 14.3. The van der Waals surface area contributed by atoms with Crippen molar-refractivity contribution in [2.75, 3.05) is 17.2 Å². The van der Waals surface area contributed by atoms with Crippen molar-refractivity contribution in [1.29, 1.82) is 0 Å². The number of anilines is 3. The number of hydrogen-bond donors (Lipinski definition) is 2. The van der Waals surface area contributed by atoms with E-state index >= 15 is 0 Å². The summed E-state index contributed by atoms with van der Waals surface area (Å²) in [6, 6.07) is 16.1. The minimum atomic E-state index is -0.671. The van der Waals surface area contributed by atoms with E-state index in [9.17, 15) is 9.59 Å². The highest BCUT2D eigenvalue weighted by Crippen LogP contribution is 2.31. The summed E-state index contributed by atoms with van der Waals surface area (Å²) in [5.41, 5.74) is 2.64. The van der Waals surface area contributed by atoms with Crippen LogP contribution in [0.2, 0.25) is 5.02 Å². The average molecular weight is 531 g/mol. The van der Waals surface area contributed by atoms with Gasteiger partial charge < -0.3 is 19.7 Å². The lowest BCUT2D eigenvalue weighted by atomic mass is 10.2. The molecule has 1 aliphatic rings. The van der Waals surface area contributed by atoms with Gasteiger partial charge in [0, 0.05) is 35.9 Å². The fraction of sp³-hybridized carbons (Fsp3) is 0.148. The van der Waals surface area contributed by atoms with E-state index in [4.69, 9.17) is 21.1 Å². The van der Waals surface area contributed by atoms with Crippen molar-refractivity contribution in [2.45, 2.75) is 19.3 Å².